The van der Waals surface area contributed by atoms with Crippen molar-refractivity contribution in [2.45, 2.75) is 31.3 Å². The molecule has 1 rings (SSSR count). The van der Waals surface area contributed by atoms with E-state index in [0.717, 1.165) is 0 Å². The van der Waals surface area contributed by atoms with Gasteiger partial charge in [0.05, 0.1) is 15.6 Å². The zero-order valence-electron chi connectivity index (χ0n) is 11.0. The molecular weight excluding hydrogens is 309 g/mol. The highest BCUT2D eigenvalue weighted by Gasteiger charge is 2.30. The van der Waals surface area contributed by atoms with Gasteiger partial charge in [-0.15, -0.1) is 0 Å². The zero-order valence-corrected chi connectivity index (χ0v) is 13.3. The maximum absolute atomic E-state index is 12.5. The topological polar surface area (TPSA) is 57.6 Å². The van der Waals surface area contributed by atoms with Crippen molar-refractivity contribution < 1.29 is 13.5 Å². The molecule has 0 fully saturated rings. The van der Waals surface area contributed by atoms with E-state index in [2.05, 4.69) is 0 Å². The largest absolute Gasteiger partial charge is 0.389 e. The fraction of sp³-hybridized carbons (Fsp3) is 0.500. The van der Waals surface area contributed by atoms with Crippen molar-refractivity contribution in [3.8, 4) is 0 Å². The SMILES string of the molecule is CCN(CC(C)(C)O)S(=O)(=O)c1cccc(Cl)c1Cl. The summed E-state index contributed by atoms with van der Waals surface area (Å²) in [4.78, 5) is -0.0484. The molecule has 108 valence electrons. The minimum absolute atomic E-state index is 0.00152. The summed E-state index contributed by atoms with van der Waals surface area (Å²) in [6, 6.07) is 4.45. The molecule has 0 unspecified atom stereocenters. The molecule has 1 N–H and O–H groups in total. The molecule has 0 atom stereocenters. The molecule has 0 saturated heterocycles. The predicted octanol–water partition coefficient (Wildman–Crippen LogP) is 2.77. The smallest absolute Gasteiger partial charge is 0.244 e. The van der Waals surface area contributed by atoms with E-state index in [9.17, 15) is 13.5 Å². The summed E-state index contributed by atoms with van der Waals surface area (Å²) < 4.78 is 26.1. The van der Waals surface area contributed by atoms with Gasteiger partial charge >= 0.3 is 0 Å². The molecular formula is C12H17Cl2NO3S. The van der Waals surface area contributed by atoms with Crippen LogP contribution in [0.4, 0.5) is 0 Å². The molecule has 0 aliphatic carbocycles. The molecule has 1 aromatic carbocycles. The third-order valence-corrected chi connectivity index (χ3v) is 5.34. The normalized spacial score (nSPS) is 13.0. The molecule has 0 radical (unpaired) electrons. The fourth-order valence-corrected chi connectivity index (χ4v) is 3.96. The van der Waals surface area contributed by atoms with Crippen LogP contribution in [0.3, 0.4) is 0 Å². The van der Waals surface area contributed by atoms with E-state index in [0.29, 0.717) is 0 Å². The van der Waals surface area contributed by atoms with Crippen molar-refractivity contribution in [2.24, 2.45) is 0 Å². The van der Waals surface area contributed by atoms with Crippen molar-refractivity contribution in [1.29, 1.82) is 0 Å². The Bertz CT molecular complexity index is 553. The van der Waals surface area contributed by atoms with Gasteiger partial charge in [0.25, 0.3) is 0 Å². The lowest BCUT2D eigenvalue weighted by atomic mass is 10.1. The number of aliphatic hydroxyl groups is 1. The van der Waals surface area contributed by atoms with Crippen LogP contribution in [0.2, 0.25) is 10.0 Å². The Labute approximate surface area is 124 Å². The average Bonchev–Trinajstić information content (AvgIpc) is 2.28. The first-order valence-electron chi connectivity index (χ1n) is 5.76. The molecule has 4 nitrogen and oxygen atoms in total. The molecule has 0 aliphatic heterocycles. The highest BCUT2D eigenvalue weighted by molar-refractivity contribution is 7.89. The van der Waals surface area contributed by atoms with Gasteiger partial charge < -0.3 is 5.11 Å². The second-order valence-electron chi connectivity index (χ2n) is 4.80. The molecule has 7 heteroatoms. The predicted molar refractivity (Wildman–Crippen MR) is 77.2 cm³/mol. The molecule has 19 heavy (non-hydrogen) atoms. The third-order valence-electron chi connectivity index (χ3n) is 2.45. The van der Waals surface area contributed by atoms with Gasteiger partial charge in [-0.05, 0) is 26.0 Å². The minimum Gasteiger partial charge on any atom is -0.389 e. The number of halogens is 2. The lowest BCUT2D eigenvalue weighted by molar-refractivity contribution is 0.0601. The highest BCUT2D eigenvalue weighted by atomic mass is 35.5. The molecule has 0 bridgehead atoms. The summed E-state index contributed by atoms with van der Waals surface area (Å²) in [5, 5.41) is 9.97. The fourth-order valence-electron chi connectivity index (χ4n) is 1.62. The number of nitrogens with zero attached hydrogens (tertiary/aromatic N) is 1. The van der Waals surface area contributed by atoms with Crippen LogP contribution in [-0.2, 0) is 10.0 Å². The van der Waals surface area contributed by atoms with Crippen LogP contribution in [0.5, 0.6) is 0 Å². The van der Waals surface area contributed by atoms with Crippen molar-refractivity contribution >= 4 is 33.2 Å². The quantitative estimate of drug-likeness (QED) is 0.905. The summed E-state index contributed by atoms with van der Waals surface area (Å²) >= 11 is 11.8. The summed E-state index contributed by atoms with van der Waals surface area (Å²) in [5.41, 5.74) is -1.13. The Balaban J connectivity index is 3.25. The number of hydrogen-bond donors (Lipinski definition) is 1. The van der Waals surface area contributed by atoms with Gasteiger partial charge in [-0.3, -0.25) is 0 Å². The van der Waals surface area contributed by atoms with Crippen molar-refractivity contribution in [3.05, 3.63) is 28.2 Å². The number of rotatable bonds is 5. The van der Waals surface area contributed by atoms with Crippen molar-refractivity contribution in [2.75, 3.05) is 13.1 Å². The van der Waals surface area contributed by atoms with Crippen LogP contribution in [0.15, 0.2) is 23.1 Å². The molecule has 0 aromatic heterocycles. The van der Waals surface area contributed by atoms with E-state index in [-0.39, 0.29) is 28.0 Å². The molecule has 0 spiro atoms. The second kappa shape index (κ2) is 5.97. The highest BCUT2D eigenvalue weighted by Crippen LogP contribution is 2.31. The molecule has 1 aromatic rings. The second-order valence-corrected chi connectivity index (χ2v) is 7.49. The summed E-state index contributed by atoms with van der Waals surface area (Å²) in [7, 11) is -3.78. The van der Waals surface area contributed by atoms with E-state index in [1.165, 1.54) is 22.5 Å². The maximum atomic E-state index is 12.5. The maximum Gasteiger partial charge on any atom is 0.244 e. The standard InChI is InChI=1S/C12H17Cl2NO3S/c1-4-15(8-12(2,3)16)19(17,18)10-7-5-6-9(13)11(10)14/h5-7,16H,4,8H2,1-3H3. The number of sulfonamides is 1. The summed E-state index contributed by atoms with van der Waals surface area (Å²) in [6.07, 6.45) is 0. The van der Waals surface area contributed by atoms with Crippen LogP contribution >= 0.6 is 23.2 Å². The first kappa shape index (κ1) is 16.7. The van der Waals surface area contributed by atoms with Gasteiger partial charge in [0.1, 0.15) is 4.90 Å². The third kappa shape index (κ3) is 4.07. The molecule has 0 heterocycles. The Morgan fingerprint density at radius 2 is 1.89 bits per heavy atom. The van der Waals surface area contributed by atoms with E-state index < -0.39 is 15.6 Å². The van der Waals surface area contributed by atoms with Gasteiger partial charge in [-0.2, -0.15) is 4.31 Å². The van der Waals surface area contributed by atoms with E-state index >= 15 is 0 Å². The van der Waals surface area contributed by atoms with Gasteiger partial charge in [-0.1, -0.05) is 36.2 Å². The Hall–Kier alpha value is -0.330. The Kier molecular flexibility index (Phi) is 5.26. The summed E-state index contributed by atoms with van der Waals surface area (Å²) in [5.74, 6) is 0. The van der Waals surface area contributed by atoms with Crippen LogP contribution in [0.1, 0.15) is 20.8 Å². The minimum atomic E-state index is -3.78. The molecule has 0 saturated carbocycles. The first-order chi connectivity index (χ1) is 8.59. The van der Waals surface area contributed by atoms with E-state index in [4.69, 9.17) is 23.2 Å². The Morgan fingerprint density at radius 3 is 2.37 bits per heavy atom. The van der Waals surface area contributed by atoms with Crippen molar-refractivity contribution in [3.63, 3.8) is 0 Å². The monoisotopic (exact) mass is 325 g/mol. The zero-order chi connectivity index (χ0) is 14.8. The van der Waals surface area contributed by atoms with Crippen LogP contribution in [-0.4, -0.2) is 36.5 Å². The van der Waals surface area contributed by atoms with Gasteiger partial charge in [0.15, 0.2) is 0 Å². The molecule has 0 amide bonds. The van der Waals surface area contributed by atoms with Gasteiger partial charge in [0, 0.05) is 13.1 Å². The van der Waals surface area contributed by atoms with Gasteiger partial charge in [0.2, 0.25) is 10.0 Å². The van der Waals surface area contributed by atoms with Crippen LogP contribution in [0, 0.1) is 0 Å². The van der Waals surface area contributed by atoms with E-state index in [1.807, 2.05) is 0 Å². The number of likely N-dealkylation sites (N-methyl/N-ethyl adjacent to an activating group) is 1. The first-order valence-corrected chi connectivity index (χ1v) is 7.95. The number of benzene rings is 1. The van der Waals surface area contributed by atoms with Gasteiger partial charge in [-0.25, -0.2) is 8.42 Å². The van der Waals surface area contributed by atoms with E-state index in [1.54, 1.807) is 20.8 Å². The number of hydrogen-bond acceptors (Lipinski definition) is 3. The summed E-state index contributed by atoms with van der Waals surface area (Å²) in [6.45, 7) is 5.00. The lowest BCUT2D eigenvalue weighted by Gasteiger charge is -2.27. The van der Waals surface area contributed by atoms with Crippen LogP contribution < -0.4 is 0 Å². The lowest BCUT2D eigenvalue weighted by Crippen LogP contribution is -2.42. The van der Waals surface area contributed by atoms with Crippen molar-refractivity contribution in [1.82, 2.24) is 4.31 Å². The molecule has 0 aliphatic rings. The average molecular weight is 326 g/mol. The van der Waals surface area contributed by atoms with Crippen LogP contribution in [0.25, 0.3) is 0 Å². The Morgan fingerprint density at radius 1 is 1.32 bits per heavy atom.